The SMILES string of the molecule is Nc1ncnc2c1ncn2[C@@H]1O[C@@H]2COP(=O)(O)O[C@@H]2[C@H]1O.[Na]. The number of fused-ring (bicyclic) bond motifs is 2. The van der Waals surface area contributed by atoms with E-state index in [0.29, 0.717) is 11.2 Å². The number of ether oxygens (including phenoxy) is 1. The van der Waals surface area contributed by atoms with Crippen molar-refractivity contribution in [2.45, 2.75) is 24.5 Å². The van der Waals surface area contributed by atoms with Crippen LogP contribution in [0.1, 0.15) is 6.23 Å². The Labute approximate surface area is 151 Å². The summed E-state index contributed by atoms with van der Waals surface area (Å²) in [5.41, 5.74) is 6.46. The second-order valence-corrected chi connectivity index (χ2v) is 6.38. The van der Waals surface area contributed by atoms with Crippen molar-refractivity contribution >= 4 is 54.4 Å². The Morgan fingerprint density at radius 2 is 2.17 bits per heavy atom. The van der Waals surface area contributed by atoms with E-state index >= 15 is 0 Å². The Balaban J connectivity index is 0.00000156. The number of hydrogen-bond donors (Lipinski definition) is 3. The van der Waals surface area contributed by atoms with Crippen LogP contribution in [0.3, 0.4) is 0 Å². The molecule has 23 heavy (non-hydrogen) atoms. The predicted molar refractivity (Wildman–Crippen MR) is 76.1 cm³/mol. The molecule has 119 valence electrons. The molecule has 4 heterocycles. The van der Waals surface area contributed by atoms with Gasteiger partial charge in [0.2, 0.25) is 0 Å². The summed E-state index contributed by atoms with van der Waals surface area (Å²) in [6.45, 7) is -0.157. The van der Waals surface area contributed by atoms with Crippen molar-refractivity contribution in [2.75, 3.05) is 12.3 Å². The van der Waals surface area contributed by atoms with E-state index in [9.17, 15) is 14.6 Å². The molecule has 13 heteroatoms. The van der Waals surface area contributed by atoms with Crippen molar-refractivity contribution in [3.63, 3.8) is 0 Å². The van der Waals surface area contributed by atoms with E-state index in [1.807, 2.05) is 0 Å². The van der Waals surface area contributed by atoms with Gasteiger partial charge < -0.3 is 20.5 Å². The third-order valence-corrected chi connectivity index (χ3v) is 4.61. The number of rotatable bonds is 1. The largest absolute Gasteiger partial charge is 0.472 e. The minimum Gasteiger partial charge on any atom is -0.386 e. The molecule has 2 aromatic rings. The third kappa shape index (κ3) is 2.82. The second-order valence-electron chi connectivity index (χ2n) is 4.97. The van der Waals surface area contributed by atoms with Crippen molar-refractivity contribution < 1.29 is 28.3 Å². The number of aliphatic hydroxyl groups is 1. The average molecular weight is 352 g/mol. The average Bonchev–Trinajstić information content (AvgIpc) is 3.01. The zero-order valence-corrected chi connectivity index (χ0v) is 14.9. The molecular formula is C10H12N5NaO6P. The molecule has 2 aliphatic rings. The number of phosphoric ester groups is 1. The molecule has 2 aromatic heterocycles. The van der Waals surface area contributed by atoms with Crippen LogP contribution in [0.15, 0.2) is 12.7 Å². The van der Waals surface area contributed by atoms with E-state index < -0.39 is 32.4 Å². The summed E-state index contributed by atoms with van der Waals surface area (Å²) in [6.07, 6.45) is -1.07. The summed E-state index contributed by atoms with van der Waals surface area (Å²) < 4.78 is 28.2. The van der Waals surface area contributed by atoms with Gasteiger partial charge in [-0.15, -0.1) is 0 Å². The molecule has 0 spiro atoms. The quantitative estimate of drug-likeness (QED) is 0.421. The van der Waals surface area contributed by atoms with Crippen molar-refractivity contribution in [2.24, 2.45) is 0 Å². The van der Waals surface area contributed by atoms with Crippen LogP contribution in [0.5, 0.6) is 0 Å². The van der Waals surface area contributed by atoms with Crippen LogP contribution in [0.2, 0.25) is 0 Å². The Morgan fingerprint density at radius 1 is 1.39 bits per heavy atom. The maximum absolute atomic E-state index is 11.5. The predicted octanol–water partition coefficient (Wildman–Crippen LogP) is -1.20. The number of nitrogen functional groups attached to an aromatic ring is 1. The normalized spacial score (nSPS) is 36.6. The number of hydrogen-bond acceptors (Lipinski definition) is 9. The summed E-state index contributed by atoms with van der Waals surface area (Å²) in [6, 6.07) is 0. The molecule has 1 unspecified atom stereocenters. The molecule has 0 aromatic carbocycles. The van der Waals surface area contributed by atoms with Gasteiger partial charge in [0.1, 0.15) is 30.2 Å². The fourth-order valence-corrected chi connectivity index (χ4v) is 3.59. The first-order valence-corrected chi connectivity index (χ1v) is 7.88. The molecular weight excluding hydrogens is 340 g/mol. The number of imidazole rings is 1. The van der Waals surface area contributed by atoms with E-state index in [-0.39, 0.29) is 42.0 Å². The van der Waals surface area contributed by atoms with E-state index in [2.05, 4.69) is 19.5 Å². The standard InChI is InChI=1S/C10H12N5O6P.Na/c11-8-5-9(13-2-12-8)15(3-14-5)10-6(16)7-4(20-10)1-19-22(17,18)21-7;/h2-4,6-7,10,16H,1H2,(H,17,18)(H2,11,12,13);/t4-,6-,7+,10-;/m1./s1. The van der Waals surface area contributed by atoms with Crippen LogP contribution in [0, 0.1) is 0 Å². The van der Waals surface area contributed by atoms with Gasteiger partial charge in [0.15, 0.2) is 17.7 Å². The zero-order valence-electron chi connectivity index (χ0n) is 12.0. The van der Waals surface area contributed by atoms with Crippen molar-refractivity contribution in [1.29, 1.82) is 0 Å². The van der Waals surface area contributed by atoms with Crippen molar-refractivity contribution in [3.8, 4) is 0 Å². The molecule has 0 saturated carbocycles. The van der Waals surface area contributed by atoms with Gasteiger partial charge in [0.05, 0.1) is 12.9 Å². The van der Waals surface area contributed by atoms with E-state index in [1.165, 1.54) is 17.2 Å². The Bertz CT molecular complexity index is 788. The van der Waals surface area contributed by atoms with Gasteiger partial charge in [-0.05, 0) is 0 Å². The van der Waals surface area contributed by atoms with Gasteiger partial charge in [0.25, 0.3) is 0 Å². The molecule has 2 aliphatic heterocycles. The molecule has 0 amide bonds. The van der Waals surface area contributed by atoms with Crippen LogP contribution in [0.4, 0.5) is 5.82 Å². The topological polar surface area (TPSA) is 155 Å². The minimum absolute atomic E-state index is 0. The Morgan fingerprint density at radius 3 is 2.96 bits per heavy atom. The van der Waals surface area contributed by atoms with Crippen LogP contribution >= 0.6 is 7.82 Å². The first-order chi connectivity index (χ1) is 10.5. The number of nitrogens with zero attached hydrogens (tertiary/aromatic N) is 4. The molecule has 2 saturated heterocycles. The molecule has 11 nitrogen and oxygen atoms in total. The molecule has 0 bridgehead atoms. The maximum Gasteiger partial charge on any atom is 0.472 e. The van der Waals surface area contributed by atoms with Crippen molar-refractivity contribution in [1.82, 2.24) is 19.5 Å². The van der Waals surface area contributed by atoms with Crippen LogP contribution in [-0.4, -0.2) is 84.0 Å². The van der Waals surface area contributed by atoms with Gasteiger partial charge >= 0.3 is 7.82 Å². The van der Waals surface area contributed by atoms with Crippen molar-refractivity contribution in [3.05, 3.63) is 12.7 Å². The van der Waals surface area contributed by atoms with Crippen LogP contribution in [-0.2, 0) is 18.3 Å². The Kier molecular flexibility index (Phi) is 4.51. The summed E-state index contributed by atoms with van der Waals surface area (Å²) in [7, 11) is -4.16. The number of aliphatic hydroxyl groups excluding tert-OH is 1. The molecule has 5 atom stereocenters. The fourth-order valence-electron chi connectivity index (χ4n) is 2.62. The van der Waals surface area contributed by atoms with Gasteiger partial charge in [0, 0.05) is 29.6 Å². The summed E-state index contributed by atoms with van der Waals surface area (Å²) in [4.78, 5) is 21.3. The first-order valence-electron chi connectivity index (χ1n) is 6.38. The fraction of sp³-hybridized carbons (Fsp3) is 0.500. The van der Waals surface area contributed by atoms with Crippen LogP contribution < -0.4 is 5.73 Å². The smallest absolute Gasteiger partial charge is 0.386 e. The van der Waals surface area contributed by atoms with Gasteiger partial charge in [-0.2, -0.15) is 0 Å². The van der Waals surface area contributed by atoms with E-state index in [1.54, 1.807) is 0 Å². The van der Waals surface area contributed by atoms with Gasteiger partial charge in [-0.1, -0.05) is 0 Å². The van der Waals surface area contributed by atoms with E-state index in [0.717, 1.165) is 0 Å². The first kappa shape index (κ1) is 17.2. The summed E-state index contributed by atoms with van der Waals surface area (Å²) in [5, 5.41) is 10.4. The number of aromatic nitrogens is 4. The number of anilines is 1. The second kappa shape index (κ2) is 6.03. The number of phosphoric acid groups is 1. The zero-order chi connectivity index (χ0) is 15.5. The molecule has 2 fully saturated rings. The van der Waals surface area contributed by atoms with Crippen LogP contribution in [0.25, 0.3) is 11.2 Å². The monoisotopic (exact) mass is 352 g/mol. The molecule has 1 radical (unpaired) electrons. The summed E-state index contributed by atoms with van der Waals surface area (Å²) in [5.74, 6) is 0.202. The number of nitrogens with two attached hydrogens (primary N) is 1. The van der Waals surface area contributed by atoms with E-state index in [4.69, 9.17) is 15.0 Å². The Hall–Kier alpha value is -0.620. The molecule has 4 N–H and O–H groups in total. The summed E-state index contributed by atoms with van der Waals surface area (Å²) >= 11 is 0. The maximum atomic E-state index is 11.5. The molecule has 4 rings (SSSR count). The molecule has 0 aliphatic carbocycles. The van der Waals surface area contributed by atoms with Gasteiger partial charge in [-0.3, -0.25) is 13.6 Å². The third-order valence-electron chi connectivity index (χ3n) is 3.63. The minimum atomic E-state index is -4.16. The van der Waals surface area contributed by atoms with Gasteiger partial charge in [-0.25, -0.2) is 19.5 Å².